The lowest BCUT2D eigenvalue weighted by molar-refractivity contribution is -0.346. The summed E-state index contributed by atoms with van der Waals surface area (Å²) in [5.74, 6) is -0.981. The summed E-state index contributed by atoms with van der Waals surface area (Å²) in [5, 5.41) is 11.2. The summed E-state index contributed by atoms with van der Waals surface area (Å²) in [4.78, 5) is 27.0. The van der Waals surface area contributed by atoms with Gasteiger partial charge in [-0.05, 0) is 12.1 Å². The molecule has 0 spiro atoms. The Hall–Kier alpha value is -2.62. The van der Waals surface area contributed by atoms with Gasteiger partial charge in [-0.3, -0.25) is 14.5 Å². The SMILES string of the molecule is CO[C@@H]1O[C@@H]2CO[C@@H](c3ccccc3)O[C@H]2[C@H](O)[C@H]1N1C(=O)c2ccccc2C1=O. The van der Waals surface area contributed by atoms with E-state index in [1.165, 1.54) is 7.11 Å². The average Bonchev–Trinajstić information content (AvgIpc) is 3.04. The number of imide groups is 1. The van der Waals surface area contributed by atoms with Crippen LogP contribution in [0.25, 0.3) is 0 Å². The second-order valence-corrected chi connectivity index (χ2v) is 7.46. The number of benzene rings is 2. The van der Waals surface area contributed by atoms with Gasteiger partial charge in [-0.25, -0.2) is 0 Å². The van der Waals surface area contributed by atoms with E-state index >= 15 is 0 Å². The number of ether oxygens (including phenoxy) is 4. The molecular weight excluding hydrogens is 390 g/mol. The van der Waals surface area contributed by atoms with E-state index in [0.29, 0.717) is 11.1 Å². The van der Waals surface area contributed by atoms with Crippen molar-refractivity contribution in [1.29, 1.82) is 0 Å². The number of aliphatic hydroxyl groups is 1. The molecule has 0 bridgehead atoms. The van der Waals surface area contributed by atoms with Gasteiger partial charge in [-0.2, -0.15) is 0 Å². The first-order chi connectivity index (χ1) is 14.6. The van der Waals surface area contributed by atoms with Crippen molar-refractivity contribution < 1.29 is 33.6 Å². The molecule has 8 heteroatoms. The molecule has 2 aromatic carbocycles. The van der Waals surface area contributed by atoms with Gasteiger partial charge in [-0.1, -0.05) is 42.5 Å². The zero-order valence-electron chi connectivity index (χ0n) is 16.2. The Kier molecular flexibility index (Phi) is 4.88. The maximum absolute atomic E-state index is 13.0. The molecule has 2 saturated heterocycles. The summed E-state index contributed by atoms with van der Waals surface area (Å²) in [6.45, 7) is 0.177. The Balaban J connectivity index is 1.45. The van der Waals surface area contributed by atoms with Crippen LogP contribution in [0.5, 0.6) is 0 Å². The van der Waals surface area contributed by atoms with E-state index in [0.717, 1.165) is 10.5 Å². The van der Waals surface area contributed by atoms with Crippen molar-refractivity contribution in [3.63, 3.8) is 0 Å². The fraction of sp³-hybridized carbons (Fsp3) is 0.364. The van der Waals surface area contributed by atoms with Gasteiger partial charge in [0.1, 0.15) is 24.4 Å². The van der Waals surface area contributed by atoms with Gasteiger partial charge < -0.3 is 24.1 Å². The van der Waals surface area contributed by atoms with Crippen LogP contribution in [0.1, 0.15) is 32.6 Å². The van der Waals surface area contributed by atoms with Gasteiger partial charge in [0.2, 0.25) is 0 Å². The number of amides is 2. The maximum atomic E-state index is 13.0. The van der Waals surface area contributed by atoms with Gasteiger partial charge in [0, 0.05) is 12.7 Å². The minimum atomic E-state index is -1.22. The molecule has 0 unspecified atom stereocenters. The molecule has 0 aliphatic carbocycles. The Labute approximate surface area is 172 Å². The van der Waals surface area contributed by atoms with Crippen LogP contribution < -0.4 is 0 Å². The van der Waals surface area contributed by atoms with Crippen LogP contribution in [0.2, 0.25) is 0 Å². The standard InChI is InChI=1S/C22H21NO7/c1-27-22-16(23-19(25)13-9-5-6-10-14(13)20(23)26)17(24)18-15(29-22)11-28-21(30-18)12-7-3-2-4-8-12/h2-10,15-18,21-22,24H,11H2,1H3/t15-,16-,17-,18-,21-,22-/m1/s1. The minimum absolute atomic E-state index is 0.177. The third-order valence-electron chi connectivity index (χ3n) is 5.76. The molecule has 0 radical (unpaired) electrons. The van der Waals surface area contributed by atoms with Gasteiger partial charge in [-0.15, -0.1) is 0 Å². The van der Waals surface area contributed by atoms with Crippen molar-refractivity contribution in [2.24, 2.45) is 0 Å². The van der Waals surface area contributed by atoms with Crippen LogP contribution in [-0.4, -0.2) is 66.2 Å². The molecule has 0 saturated carbocycles. The second-order valence-electron chi connectivity index (χ2n) is 7.46. The highest BCUT2D eigenvalue weighted by atomic mass is 16.7. The van der Waals surface area contributed by atoms with Crippen LogP contribution >= 0.6 is 0 Å². The van der Waals surface area contributed by atoms with E-state index in [2.05, 4.69) is 0 Å². The predicted molar refractivity (Wildman–Crippen MR) is 102 cm³/mol. The number of carbonyl (C=O) groups is 2. The fourth-order valence-corrected chi connectivity index (χ4v) is 4.31. The summed E-state index contributed by atoms with van der Waals surface area (Å²) in [5.41, 5.74) is 1.39. The molecule has 6 atom stereocenters. The van der Waals surface area contributed by atoms with Crippen LogP contribution in [-0.2, 0) is 18.9 Å². The van der Waals surface area contributed by atoms with Gasteiger partial charge in [0.25, 0.3) is 11.8 Å². The molecule has 8 nitrogen and oxygen atoms in total. The highest BCUT2D eigenvalue weighted by Crippen LogP contribution is 2.38. The molecule has 3 heterocycles. The fourth-order valence-electron chi connectivity index (χ4n) is 4.31. The molecule has 5 rings (SSSR count). The van der Waals surface area contributed by atoms with Crippen molar-refractivity contribution >= 4 is 11.8 Å². The summed E-state index contributed by atoms with van der Waals surface area (Å²) < 4.78 is 23.1. The van der Waals surface area contributed by atoms with Crippen molar-refractivity contribution in [3.05, 3.63) is 71.3 Å². The molecule has 3 aliphatic rings. The molecule has 1 N–H and O–H groups in total. The van der Waals surface area contributed by atoms with Crippen LogP contribution in [0, 0.1) is 0 Å². The Morgan fingerprint density at radius 3 is 2.23 bits per heavy atom. The zero-order valence-corrected chi connectivity index (χ0v) is 16.2. The molecular formula is C22H21NO7. The zero-order chi connectivity index (χ0) is 20.8. The number of carbonyl (C=O) groups excluding carboxylic acids is 2. The molecule has 3 aliphatic heterocycles. The maximum Gasteiger partial charge on any atom is 0.262 e. The lowest BCUT2D eigenvalue weighted by Gasteiger charge is -2.49. The first-order valence-electron chi connectivity index (χ1n) is 9.75. The first kappa shape index (κ1) is 19.3. The number of fused-ring (bicyclic) bond motifs is 2. The minimum Gasteiger partial charge on any atom is -0.388 e. The number of hydrogen-bond donors (Lipinski definition) is 1. The lowest BCUT2D eigenvalue weighted by Crippen LogP contribution is -2.67. The number of hydrogen-bond acceptors (Lipinski definition) is 7. The largest absolute Gasteiger partial charge is 0.388 e. The van der Waals surface area contributed by atoms with Crippen LogP contribution in [0.3, 0.4) is 0 Å². The first-order valence-corrected chi connectivity index (χ1v) is 9.75. The topological polar surface area (TPSA) is 94.5 Å². The third-order valence-corrected chi connectivity index (χ3v) is 5.76. The van der Waals surface area contributed by atoms with E-state index in [-0.39, 0.29) is 6.61 Å². The summed E-state index contributed by atoms with van der Waals surface area (Å²) in [6.07, 6.45) is -4.32. The van der Waals surface area contributed by atoms with E-state index in [4.69, 9.17) is 18.9 Å². The normalized spacial score (nSPS) is 33.3. The third kappa shape index (κ3) is 2.96. The highest BCUT2D eigenvalue weighted by Gasteiger charge is 2.55. The number of nitrogens with zero attached hydrogens (tertiary/aromatic N) is 1. The quantitative estimate of drug-likeness (QED) is 0.765. The van der Waals surface area contributed by atoms with Crippen molar-refractivity contribution in [2.45, 2.75) is 36.9 Å². The van der Waals surface area contributed by atoms with Crippen molar-refractivity contribution in [3.8, 4) is 0 Å². The predicted octanol–water partition coefficient (Wildman–Crippen LogP) is 1.50. The van der Waals surface area contributed by atoms with E-state index in [9.17, 15) is 14.7 Å². The molecule has 2 aromatic rings. The Bertz CT molecular complexity index is 930. The van der Waals surface area contributed by atoms with Crippen LogP contribution in [0.4, 0.5) is 0 Å². The number of methoxy groups -OCH3 is 1. The molecule has 30 heavy (non-hydrogen) atoms. The summed E-state index contributed by atoms with van der Waals surface area (Å²) in [7, 11) is 1.40. The Morgan fingerprint density at radius 1 is 0.967 bits per heavy atom. The van der Waals surface area contributed by atoms with Crippen molar-refractivity contribution in [2.75, 3.05) is 13.7 Å². The van der Waals surface area contributed by atoms with E-state index < -0.39 is 48.7 Å². The van der Waals surface area contributed by atoms with E-state index in [1.807, 2.05) is 30.3 Å². The average molecular weight is 411 g/mol. The highest BCUT2D eigenvalue weighted by molar-refractivity contribution is 6.21. The van der Waals surface area contributed by atoms with Gasteiger partial charge in [0.15, 0.2) is 12.6 Å². The lowest BCUT2D eigenvalue weighted by atomic mass is 9.94. The van der Waals surface area contributed by atoms with Crippen molar-refractivity contribution in [1.82, 2.24) is 4.90 Å². The number of rotatable bonds is 3. The second kappa shape index (κ2) is 7.57. The molecule has 2 amide bonds. The molecule has 2 fully saturated rings. The number of aliphatic hydroxyl groups excluding tert-OH is 1. The van der Waals surface area contributed by atoms with E-state index in [1.54, 1.807) is 24.3 Å². The molecule has 156 valence electrons. The molecule has 0 aromatic heterocycles. The van der Waals surface area contributed by atoms with Gasteiger partial charge in [0.05, 0.1) is 17.7 Å². The summed E-state index contributed by atoms with van der Waals surface area (Å²) in [6, 6.07) is 14.8. The Morgan fingerprint density at radius 2 is 1.60 bits per heavy atom. The monoisotopic (exact) mass is 411 g/mol. The van der Waals surface area contributed by atoms with Gasteiger partial charge >= 0.3 is 0 Å². The van der Waals surface area contributed by atoms with Crippen LogP contribution in [0.15, 0.2) is 54.6 Å². The summed E-state index contributed by atoms with van der Waals surface area (Å²) >= 11 is 0. The smallest absolute Gasteiger partial charge is 0.262 e.